The molecule has 5 rings (SSSR count). The minimum atomic E-state index is 0.813. The molecule has 4 fully saturated rings. The van der Waals surface area contributed by atoms with Crippen molar-refractivity contribution in [1.82, 2.24) is 9.80 Å². The Kier molecular flexibility index (Phi) is 4.60. The van der Waals surface area contributed by atoms with E-state index in [1.54, 1.807) is 12.0 Å². The molecule has 1 aromatic rings. The highest BCUT2D eigenvalue weighted by atomic mass is 15.3. The van der Waals surface area contributed by atoms with Crippen LogP contribution in [-0.4, -0.2) is 48.1 Å². The van der Waals surface area contributed by atoms with Crippen LogP contribution in [0.3, 0.4) is 0 Å². The molecule has 1 saturated heterocycles. The SMILES string of the molecule is c1ccc(C2CCC(N3CCN(C4CC5CCC4C5)CC3)CC2)cc1. The van der Waals surface area contributed by atoms with Crippen LogP contribution in [0, 0.1) is 11.8 Å². The van der Waals surface area contributed by atoms with Crippen LogP contribution in [0.25, 0.3) is 0 Å². The van der Waals surface area contributed by atoms with Gasteiger partial charge < -0.3 is 0 Å². The molecule has 3 atom stereocenters. The zero-order chi connectivity index (χ0) is 16.6. The lowest BCUT2D eigenvalue weighted by Crippen LogP contribution is -2.54. The van der Waals surface area contributed by atoms with Crippen molar-refractivity contribution in [3.8, 4) is 0 Å². The van der Waals surface area contributed by atoms with E-state index < -0.39 is 0 Å². The summed E-state index contributed by atoms with van der Waals surface area (Å²) in [5.41, 5.74) is 1.57. The van der Waals surface area contributed by atoms with E-state index in [1.165, 1.54) is 71.1 Å². The van der Waals surface area contributed by atoms with Gasteiger partial charge in [0.05, 0.1) is 0 Å². The number of rotatable bonds is 3. The van der Waals surface area contributed by atoms with Gasteiger partial charge in [-0.3, -0.25) is 9.80 Å². The summed E-state index contributed by atoms with van der Waals surface area (Å²) >= 11 is 0. The number of benzene rings is 1. The molecule has 25 heavy (non-hydrogen) atoms. The average Bonchev–Trinajstić information content (AvgIpc) is 3.33. The second-order valence-corrected chi connectivity index (χ2v) is 9.23. The Hall–Kier alpha value is -0.860. The average molecular weight is 339 g/mol. The van der Waals surface area contributed by atoms with Crippen molar-refractivity contribution in [2.75, 3.05) is 26.2 Å². The molecule has 3 aliphatic carbocycles. The summed E-state index contributed by atoms with van der Waals surface area (Å²) < 4.78 is 0. The lowest BCUT2D eigenvalue weighted by atomic mass is 9.81. The summed E-state index contributed by atoms with van der Waals surface area (Å²) in [7, 11) is 0. The zero-order valence-electron chi connectivity index (χ0n) is 15.7. The minimum Gasteiger partial charge on any atom is -0.298 e. The highest BCUT2D eigenvalue weighted by molar-refractivity contribution is 5.20. The maximum atomic E-state index is 2.87. The minimum absolute atomic E-state index is 0.813. The summed E-state index contributed by atoms with van der Waals surface area (Å²) in [5.74, 6) is 2.95. The van der Waals surface area contributed by atoms with Crippen molar-refractivity contribution in [3.05, 3.63) is 35.9 Å². The van der Waals surface area contributed by atoms with E-state index in [0.717, 1.165) is 29.8 Å². The van der Waals surface area contributed by atoms with Crippen molar-refractivity contribution in [3.63, 3.8) is 0 Å². The van der Waals surface area contributed by atoms with Crippen LogP contribution in [0.4, 0.5) is 0 Å². The maximum absolute atomic E-state index is 2.87. The van der Waals surface area contributed by atoms with Gasteiger partial charge in [-0.2, -0.15) is 0 Å². The molecule has 2 nitrogen and oxygen atoms in total. The van der Waals surface area contributed by atoms with E-state index in [4.69, 9.17) is 0 Å². The molecule has 0 N–H and O–H groups in total. The highest BCUT2D eigenvalue weighted by Gasteiger charge is 2.43. The van der Waals surface area contributed by atoms with Crippen LogP contribution in [0.2, 0.25) is 0 Å². The number of piperazine rings is 1. The zero-order valence-corrected chi connectivity index (χ0v) is 15.7. The molecule has 4 aliphatic rings. The summed E-state index contributed by atoms with van der Waals surface area (Å²) in [6, 6.07) is 13.0. The van der Waals surface area contributed by atoms with Crippen LogP contribution >= 0.6 is 0 Å². The van der Waals surface area contributed by atoms with E-state index in [2.05, 4.69) is 40.1 Å². The molecule has 136 valence electrons. The quantitative estimate of drug-likeness (QED) is 0.799. The third kappa shape index (κ3) is 3.28. The molecule has 0 aromatic heterocycles. The fourth-order valence-corrected chi connectivity index (χ4v) is 6.59. The van der Waals surface area contributed by atoms with Gasteiger partial charge in [-0.25, -0.2) is 0 Å². The predicted octanol–water partition coefficient (Wildman–Crippen LogP) is 4.52. The maximum Gasteiger partial charge on any atom is 0.0127 e. The second-order valence-electron chi connectivity index (χ2n) is 9.23. The van der Waals surface area contributed by atoms with Gasteiger partial charge in [0, 0.05) is 38.3 Å². The fourth-order valence-electron chi connectivity index (χ4n) is 6.59. The Balaban J connectivity index is 1.11. The van der Waals surface area contributed by atoms with E-state index in [1.807, 2.05) is 0 Å². The Morgan fingerprint density at radius 3 is 2.04 bits per heavy atom. The number of hydrogen-bond donors (Lipinski definition) is 0. The lowest BCUT2D eigenvalue weighted by Gasteiger charge is -2.45. The van der Waals surface area contributed by atoms with Crippen LogP contribution in [0.15, 0.2) is 30.3 Å². The number of nitrogens with zero attached hydrogens (tertiary/aromatic N) is 2. The molecule has 0 spiro atoms. The van der Waals surface area contributed by atoms with Gasteiger partial charge in [0.1, 0.15) is 0 Å². The molecule has 1 aliphatic heterocycles. The number of hydrogen-bond acceptors (Lipinski definition) is 2. The highest BCUT2D eigenvalue weighted by Crippen LogP contribution is 2.47. The van der Waals surface area contributed by atoms with Gasteiger partial charge in [-0.05, 0) is 68.3 Å². The van der Waals surface area contributed by atoms with Gasteiger partial charge in [-0.15, -0.1) is 0 Å². The normalized spacial score (nSPS) is 39.8. The fraction of sp³-hybridized carbons (Fsp3) is 0.739. The summed E-state index contributed by atoms with van der Waals surface area (Å²) in [4.78, 5) is 5.71. The molecule has 2 heteroatoms. The number of fused-ring (bicyclic) bond motifs is 2. The Morgan fingerprint density at radius 1 is 0.680 bits per heavy atom. The van der Waals surface area contributed by atoms with Gasteiger partial charge in [0.2, 0.25) is 0 Å². The Labute approximate surface area is 153 Å². The summed E-state index contributed by atoms with van der Waals surface area (Å²) in [6.45, 7) is 5.34. The van der Waals surface area contributed by atoms with Crippen molar-refractivity contribution < 1.29 is 0 Å². The first-order valence-corrected chi connectivity index (χ1v) is 10.9. The second kappa shape index (κ2) is 7.04. The molecule has 1 aromatic carbocycles. The first kappa shape index (κ1) is 16.3. The molecule has 3 saturated carbocycles. The standard InChI is InChI=1S/C23H34N2/c1-2-4-19(5-3-1)20-8-10-22(11-9-20)24-12-14-25(15-13-24)23-17-18-6-7-21(23)16-18/h1-5,18,20-23H,6-17H2. The van der Waals surface area contributed by atoms with E-state index in [9.17, 15) is 0 Å². The van der Waals surface area contributed by atoms with Crippen LogP contribution in [0.5, 0.6) is 0 Å². The van der Waals surface area contributed by atoms with Crippen molar-refractivity contribution in [2.24, 2.45) is 11.8 Å². The van der Waals surface area contributed by atoms with Crippen molar-refractivity contribution in [2.45, 2.75) is 69.4 Å². The first-order valence-electron chi connectivity index (χ1n) is 10.9. The van der Waals surface area contributed by atoms with Crippen LogP contribution in [0.1, 0.15) is 62.8 Å². The van der Waals surface area contributed by atoms with E-state index in [0.29, 0.717) is 0 Å². The van der Waals surface area contributed by atoms with Gasteiger partial charge in [0.25, 0.3) is 0 Å². The third-order valence-corrected chi connectivity index (χ3v) is 8.00. The van der Waals surface area contributed by atoms with Gasteiger partial charge in [0.15, 0.2) is 0 Å². The molecule has 0 radical (unpaired) electrons. The monoisotopic (exact) mass is 338 g/mol. The van der Waals surface area contributed by atoms with Gasteiger partial charge in [-0.1, -0.05) is 36.8 Å². The van der Waals surface area contributed by atoms with Crippen LogP contribution in [-0.2, 0) is 0 Å². The third-order valence-electron chi connectivity index (χ3n) is 8.00. The van der Waals surface area contributed by atoms with E-state index in [-0.39, 0.29) is 0 Å². The summed E-state index contributed by atoms with van der Waals surface area (Å²) in [5, 5.41) is 0. The molecule has 0 amide bonds. The topological polar surface area (TPSA) is 6.48 Å². The largest absolute Gasteiger partial charge is 0.298 e. The van der Waals surface area contributed by atoms with Crippen molar-refractivity contribution in [1.29, 1.82) is 0 Å². The van der Waals surface area contributed by atoms with Crippen molar-refractivity contribution >= 4 is 0 Å². The smallest absolute Gasteiger partial charge is 0.0127 e. The predicted molar refractivity (Wildman–Crippen MR) is 104 cm³/mol. The molecule has 2 bridgehead atoms. The molecular weight excluding hydrogens is 304 g/mol. The Bertz CT molecular complexity index is 555. The van der Waals surface area contributed by atoms with Crippen LogP contribution < -0.4 is 0 Å². The van der Waals surface area contributed by atoms with E-state index >= 15 is 0 Å². The summed E-state index contributed by atoms with van der Waals surface area (Å²) in [6.07, 6.45) is 11.7. The Morgan fingerprint density at radius 2 is 1.40 bits per heavy atom. The lowest BCUT2D eigenvalue weighted by molar-refractivity contribution is 0.0394. The molecule has 1 heterocycles. The van der Waals surface area contributed by atoms with Gasteiger partial charge >= 0.3 is 0 Å². The molecule has 3 unspecified atom stereocenters. The molecular formula is C23H34N2. The first-order chi connectivity index (χ1) is 12.4.